The van der Waals surface area contributed by atoms with Crippen LogP contribution in [0, 0.1) is 6.92 Å². The largest absolute Gasteiger partial charge is 0.495 e. The van der Waals surface area contributed by atoms with Crippen LogP contribution in [0.5, 0.6) is 5.75 Å². The zero-order valence-corrected chi connectivity index (χ0v) is 15.2. The normalized spacial score (nSPS) is 17.0. The number of amides is 1. The number of carbonyl (C=O) groups excluding carboxylic acids is 1. The number of aryl methyl sites for hydroxylation is 1. The number of hydrogen-bond acceptors (Lipinski definition) is 5. The molecule has 1 aliphatic heterocycles. The lowest BCUT2D eigenvalue weighted by atomic mass is 10.1. The average Bonchev–Trinajstić information content (AvgIpc) is 3.22. The van der Waals surface area contributed by atoms with Crippen molar-refractivity contribution in [3.8, 4) is 17.0 Å². The van der Waals surface area contributed by atoms with E-state index >= 15 is 0 Å². The van der Waals surface area contributed by atoms with Gasteiger partial charge in [-0.25, -0.2) is 4.98 Å². The molecule has 1 saturated heterocycles. The molecule has 1 atom stereocenters. The van der Waals surface area contributed by atoms with E-state index in [1.54, 1.807) is 18.4 Å². The molecule has 1 fully saturated rings. The minimum atomic E-state index is -0.321. The first-order valence-electron chi connectivity index (χ1n) is 7.78. The van der Waals surface area contributed by atoms with Gasteiger partial charge in [0.1, 0.15) is 11.9 Å². The minimum Gasteiger partial charge on any atom is -0.495 e. The van der Waals surface area contributed by atoms with Gasteiger partial charge in [0.25, 0.3) is 0 Å². The standard InChI is InChI=1S/C17H19ClN2O3S/c1-10-20-16(11-5-6-13(22-2)12(18)8-11)15(24-10)9-19-17(21)14-4-3-7-23-14/h5-6,8,14H,3-4,7,9H2,1-2H3,(H,19,21). The Kier molecular flexibility index (Phi) is 5.38. The van der Waals surface area contributed by atoms with Gasteiger partial charge in [0.2, 0.25) is 5.91 Å². The van der Waals surface area contributed by atoms with E-state index in [1.165, 1.54) is 0 Å². The summed E-state index contributed by atoms with van der Waals surface area (Å²) in [5.41, 5.74) is 1.75. The molecular formula is C17H19ClN2O3S. The summed E-state index contributed by atoms with van der Waals surface area (Å²) in [6.07, 6.45) is 1.40. The summed E-state index contributed by atoms with van der Waals surface area (Å²) < 4.78 is 10.6. The third kappa shape index (κ3) is 3.71. The Bertz CT molecular complexity index is 741. The number of ether oxygens (including phenoxy) is 2. The van der Waals surface area contributed by atoms with Crippen LogP contribution in [0.1, 0.15) is 22.7 Å². The number of nitrogens with one attached hydrogen (secondary N) is 1. The zero-order chi connectivity index (χ0) is 17.1. The van der Waals surface area contributed by atoms with Gasteiger partial charge in [-0.2, -0.15) is 0 Å². The van der Waals surface area contributed by atoms with Crippen molar-refractivity contribution in [1.29, 1.82) is 0 Å². The van der Waals surface area contributed by atoms with Crippen LogP contribution in [0.2, 0.25) is 5.02 Å². The second-order valence-electron chi connectivity index (χ2n) is 5.57. The molecule has 1 N–H and O–H groups in total. The van der Waals surface area contributed by atoms with Gasteiger partial charge in [0.15, 0.2) is 0 Å². The van der Waals surface area contributed by atoms with E-state index in [0.29, 0.717) is 23.9 Å². The maximum Gasteiger partial charge on any atom is 0.249 e. The first kappa shape index (κ1) is 17.2. The maximum absolute atomic E-state index is 12.1. The quantitative estimate of drug-likeness (QED) is 0.878. The molecule has 5 nitrogen and oxygen atoms in total. The smallest absolute Gasteiger partial charge is 0.249 e. The van der Waals surface area contributed by atoms with E-state index < -0.39 is 0 Å². The third-order valence-corrected chi connectivity index (χ3v) is 5.14. The number of thiazole rings is 1. The highest BCUT2D eigenvalue weighted by Gasteiger charge is 2.24. The molecular weight excluding hydrogens is 348 g/mol. The molecule has 0 bridgehead atoms. The number of benzene rings is 1. The summed E-state index contributed by atoms with van der Waals surface area (Å²) in [6, 6.07) is 5.58. The number of hydrogen-bond donors (Lipinski definition) is 1. The van der Waals surface area contributed by atoms with Crippen LogP contribution in [0.15, 0.2) is 18.2 Å². The van der Waals surface area contributed by atoms with Gasteiger partial charge in [0.05, 0.1) is 34.3 Å². The molecule has 0 spiro atoms. The van der Waals surface area contributed by atoms with E-state index in [0.717, 1.165) is 34.0 Å². The van der Waals surface area contributed by atoms with E-state index in [4.69, 9.17) is 21.1 Å². The first-order chi connectivity index (χ1) is 11.6. The molecule has 7 heteroatoms. The number of aromatic nitrogens is 1. The van der Waals surface area contributed by atoms with E-state index in [-0.39, 0.29) is 12.0 Å². The number of methoxy groups -OCH3 is 1. The summed E-state index contributed by atoms with van der Waals surface area (Å²) in [5, 5.41) is 4.43. The van der Waals surface area contributed by atoms with Gasteiger partial charge in [-0.05, 0) is 38.0 Å². The molecule has 1 aromatic heterocycles. The van der Waals surface area contributed by atoms with Gasteiger partial charge in [-0.15, -0.1) is 11.3 Å². The Morgan fingerprint density at radius 2 is 2.38 bits per heavy atom. The molecule has 0 radical (unpaired) electrons. The Morgan fingerprint density at radius 1 is 1.54 bits per heavy atom. The molecule has 2 aromatic rings. The van der Waals surface area contributed by atoms with Crippen LogP contribution in [0.25, 0.3) is 11.3 Å². The predicted octanol–water partition coefficient (Wildman–Crippen LogP) is 3.58. The molecule has 0 saturated carbocycles. The zero-order valence-electron chi connectivity index (χ0n) is 13.6. The van der Waals surface area contributed by atoms with Crippen molar-refractivity contribution in [2.45, 2.75) is 32.4 Å². The molecule has 2 heterocycles. The number of halogens is 1. The highest BCUT2D eigenvalue weighted by molar-refractivity contribution is 7.12. The Hall–Kier alpha value is -1.63. The molecule has 1 aliphatic rings. The van der Waals surface area contributed by atoms with Gasteiger partial charge < -0.3 is 14.8 Å². The molecule has 3 rings (SSSR count). The number of nitrogens with zero attached hydrogens (tertiary/aromatic N) is 1. The Balaban J connectivity index is 1.77. The Labute approximate surface area is 150 Å². The topological polar surface area (TPSA) is 60.5 Å². The van der Waals surface area contributed by atoms with Crippen LogP contribution in [-0.4, -0.2) is 30.7 Å². The lowest BCUT2D eigenvalue weighted by Crippen LogP contribution is -2.33. The molecule has 1 aromatic carbocycles. The number of carbonyl (C=O) groups is 1. The van der Waals surface area contributed by atoms with Gasteiger partial charge in [-0.3, -0.25) is 4.79 Å². The van der Waals surface area contributed by atoms with Crippen LogP contribution in [0.4, 0.5) is 0 Å². The third-order valence-electron chi connectivity index (χ3n) is 3.87. The first-order valence-corrected chi connectivity index (χ1v) is 8.97. The van der Waals surface area contributed by atoms with Gasteiger partial charge in [-0.1, -0.05) is 11.6 Å². The van der Waals surface area contributed by atoms with Crippen molar-refractivity contribution >= 4 is 28.8 Å². The van der Waals surface area contributed by atoms with Gasteiger partial charge >= 0.3 is 0 Å². The Morgan fingerprint density at radius 3 is 3.04 bits per heavy atom. The van der Waals surface area contributed by atoms with E-state index in [2.05, 4.69) is 10.3 Å². The van der Waals surface area contributed by atoms with Crippen molar-refractivity contribution in [3.63, 3.8) is 0 Å². The van der Waals surface area contributed by atoms with Crippen molar-refractivity contribution in [2.75, 3.05) is 13.7 Å². The summed E-state index contributed by atoms with van der Waals surface area (Å²) in [5.74, 6) is 0.567. The molecule has 1 amide bonds. The predicted molar refractivity (Wildman–Crippen MR) is 94.7 cm³/mol. The number of rotatable bonds is 5. The van der Waals surface area contributed by atoms with E-state index in [1.807, 2.05) is 25.1 Å². The second kappa shape index (κ2) is 7.51. The van der Waals surface area contributed by atoms with Crippen LogP contribution in [-0.2, 0) is 16.1 Å². The molecule has 24 heavy (non-hydrogen) atoms. The van der Waals surface area contributed by atoms with E-state index in [9.17, 15) is 4.79 Å². The maximum atomic E-state index is 12.1. The van der Waals surface area contributed by atoms with Crippen LogP contribution >= 0.6 is 22.9 Å². The fourth-order valence-corrected chi connectivity index (χ4v) is 3.85. The van der Waals surface area contributed by atoms with Crippen molar-refractivity contribution < 1.29 is 14.3 Å². The lowest BCUT2D eigenvalue weighted by Gasteiger charge is -2.10. The fraction of sp³-hybridized carbons (Fsp3) is 0.412. The summed E-state index contributed by atoms with van der Waals surface area (Å²) in [7, 11) is 1.58. The minimum absolute atomic E-state index is 0.0581. The molecule has 0 aliphatic carbocycles. The summed E-state index contributed by atoms with van der Waals surface area (Å²) >= 11 is 7.79. The second-order valence-corrected chi connectivity index (χ2v) is 7.27. The monoisotopic (exact) mass is 366 g/mol. The van der Waals surface area contributed by atoms with Gasteiger partial charge in [0, 0.05) is 12.2 Å². The van der Waals surface area contributed by atoms with Crippen LogP contribution < -0.4 is 10.1 Å². The highest BCUT2D eigenvalue weighted by atomic mass is 35.5. The summed E-state index contributed by atoms with van der Waals surface area (Å²) in [6.45, 7) is 3.04. The van der Waals surface area contributed by atoms with Crippen molar-refractivity contribution in [3.05, 3.63) is 33.1 Å². The SMILES string of the molecule is COc1ccc(-c2nc(C)sc2CNC(=O)C2CCCO2)cc1Cl. The lowest BCUT2D eigenvalue weighted by molar-refractivity contribution is -0.130. The summed E-state index contributed by atoms with van der Waals surface area (Å²) in [4.78, 5) is 17.7. The molecule has 128 valence electrons. The fourth-order valence-electron chi connectivity index (χ4n) is 2.69. The van der Waals surface area contributed by atoms with Crippen molar-refractivity contribution in [2.24, 2.45) is 0 Å². The molecule has 1 unspecified atom stereocenters. The average molecular weight is 367 g/mol. The highest BCUT2D eigenvalue weighted by Crippen LogP contribution is 2.33. The van der Waals surface area contributed by atoms with Crippen LogP contribution in [0.3, 0.4) is 0 Å². The van der Waals surface area contributed by atoms with Crippen molar-refractivity contribution in [1.82, 2.24) is 10.3 Å².